The van der Waals surface area contributed by atoms with Crippen LogP contribution in [0, 0.1) is 23.7 Å². The fraction of sp³-hybridized carbons (Fsp3) is 0.500. The number of benzene rings is 1. The van der Waals surface area contributed by atoms with Gasteiger partial charge in [-0.25, -0.2) is 0 Å². The van der Waals surface area contributed by atoms with Gasteiger partial charge in [0.1, 0.15) is 5.41 Å². The summed E-state index contributed by atoms with van der Waals surface area (Å²) < 4.78 is 0. The number of anilines is 1. The molecule has 0 aliphatic heterocycles. The average Bonchev–Trinajstić information content (AvgIpc) is 2.44. The van der Waals surface area contributed by atoms with E-state index in [1.807, 2.05) is 20.8 Å². The summed E-state index contributed by atoms with van der Waals surface area (Å²) in [7, 11) is 0. The number of rotatable bonds is 6. The standard InChI is InChI=1S/C16H20Cl2N2O/c1-4-6-16(10-19,7-5-2)15(21)20-14-9-12(17)11(3)8-13(14)18/h8-9H,4-7H2,1-3H3,(H,20,21). The van der Waals surface area contributed by atoms with Gasteiger partial charge in [0.15, 0.2) is 0 Å². The number of hydrogen-bond donors (Lipinski definition) is 1. The second-order valence-corrected chi connectivity index (χ2v) is 6.04. The van der Waals surface area contributed by atoms with E-state index in [9.17, 15) is 10.1 Å². The van der Waals surface area contributed by atoms with Gasteiger partial charge in [0.2, 0.25) is 5.91 Å². The monoisotopic (exact) mass is 326 g/mol. The second kappa shape index (κ2) is 7.68. The minimum atomic E-state index is -1.01. The zero-order chi connectivity index (χ0) is 16.0. The van der Waals surface area contributed by atoms with Crippen molar-refractivity contribution in [2.75, 3.05) is 5.32 Å². The molecule has 1 rings (SSSR count). The summed E-state index contributed by atoms with van der Waals surface area (Å²) in [5.41, 5.74) is 0.280. The smallest absolute Gasteiger partial charge is 0.244 e. The molecule has 0 spiro atoms. The van der Waals surface area contributed by atoms with Crippen LogP contribution < -0.4 is 5.32 Å². The molecule has 0 aliphatic carbocycles. The van der Waals surface area contributed by atoms with Crippen molar-refractivity contribution < 1.29 is 4.79 Å². The number of halogens is 2. The van der Waals surface area contributed by atoms with Crippen molar-refractivity contribution in [3.8, 4) is 6.07 Å². The molecule has 0 saturated heterocycles. The van der Waals surface area contributed by atoms with Crippen LogP contribution in [0.1, 0.15) is 45.1 Å². The Morgan fingerprint density at radius 2 is 1.81 bits per heavy atom. The number of carbonyl (C=O) groups is 1. The lowest BCUT2D eigenvalue weighted by Gasteiger charge is -2.25. The molecule has 0 bridgehead atoms. The van der Waals surface area contributed by atoms with E-state index in [-0.39, 0.29) is 5.91 Å². The Morgan fingerprint density at radius 1 is 1.24 bits per heavy atom. The molecule has 1 aromatic rings. The molecule has 0 atom stereocenters. The van der Waals surface area contributed by atoms with Crippen molar-refractivity contribution in [2.24, 2.45) is 5.41 Å². The van der Waals surface area contributed by atoms with Crippen LogP contribution in [0.2, 0.25) is 10.0 Å². The number of nitriles is 1. The summed E-state index contributed by atoms with van der Waals surface area (Å²) in [6, 6.07) is 5.52. The zero-order valence-corrected chi connectivity index (χ0v) is 14.1. The zero-order valence-electron chi connectivity index (χ0n) is 12.6. The Balaban J connectivity index is 3.08. The lowest BCUT2D eigenvalue weighted by Crippen LogP contribution is -2.35. The van der Waals surface area contributed by atoms with E-state index >= 15 is 0 Å². The van der Waals surface area contributed by atoms with Gasteiger partial charge < -0.3 is 5.32 Å². The predicted molar refractivity (Wildman–Crippen MR) is 87.7 cm³/mol. The molecule has 1 amide bonds. The molecule has 0 unspecified atom stereocenters. The normalized spacial score (nSPS) is 11.0. The van der Waals surface area contributed by atoms with Crippen LogP contribution in [0.3, 0.4) is 0 Å². The molecule has 0 heterocycles. The van der Waals surface area contributed by atoms with Crippen molar-refractivity contribution in [3.05, 3.63) is 27.7 Å². The highest BCUT2D eigenvalue weighted by molar-refractivity contribution is 6.36. The molecule has 0 aliphatic rings. The molecule has 21 heavy (non-hydrogen) atoms. The van der Waals surface area contributed by atoms with Gasteiger partial charge in [-0.2, -0.15) is 5.26 Å². The topological polar surface area (TPSA) is 52.9 Å². The van der Waals surface area contributed by atoms with Crippen LogP contribution in [-0.2, 0) is 4.79 Å². The fourth-order valence-corrected chi connectivity index (χ4v) is 2.78. The predicted octanol–water partition coefficient (Wildman–Crippen LogP) is 5.35. The van der Waals surface area contributed by atoms with Gasteiger partial charge in [-0.15, -0.1) is 0 Å². The van der Waals surface area contributed by atoms with Crippen LogP contribution in [0.15, 0.2) is 12.1 Å². The van der Waals surface area contributed by atoms with Gasteiger partial charge in [0, 0.05) is 5.02 Å². The molecule has 3 nitrogen and oxygen atoms in total. The van der Waals surface area contributed by atoms with Crippen LogP contribution in [0.4, 0.5) is 5.69 Å². The third kappa shape index (κ3) is 4.12. The molecule has 0 saturated carbocycles. The maximum absolute atomic E-state index is 12.6. The third-order valence-electron chi connectivity index (χ3n) is 3.50. The first-order chi connectivity index (χ1) is 9.90. The van der Waals surface area contributed by atoms with Crippen molar-refractivity contribution >= 4 is 34.8 Å². The summed E-state index contributed by atoms with van der Waals surface area (Å²) in [6.45, 7) is 5.77. The first kappa shape index (κ1) is 17.8. The summed E-state index contributed by atoms with van der Waals surface area (Å²) in [4.78, 5) is 12.6. The molecular formula is C16H20Cl2N2O. The van der Waals surface area contributed by atoms with E-state index in [1.54, 1.807) is 12.1 Å². The number of nitrogens with one attached hydrogen (secondary N) is 1. The van der Waals surface area contributed by atoms with Crippen molar-refractivity contribution in [3.63, 3.8) is 0 Å². The van der Waals surface area contributed by atoms with Gasteiger partial charge in [-0.3, -0.25) is 4.79 Å². The van der Waals surface area contributed by atoms with E-state index in [4.69, 9.17) is 23.2 Å². The Morgan fingerprint density at radius 3 is 2.29 bits per heavy atom. The summed E-state index contributed by atoms with van der Waals surface area (Å²) in [5.74, 6) is -0.310. The highest BCUT2D eigenvalue weighted by atomic mass is 35.5. The fourth-order valence-electron chi connectivity index (χ4n) is 2.35. The lowest BCUT2D eigenvalue weighted by molar-refractivity contribution is -0.123. The van der Waals surface area contributed by atoms with E-state index in [2.05, 4.69) is 11.4 Å². The Labute approximate surface area is 136 Å². The summed E-state index contributed by atoms with van der Waals surface area (Å²) in [6.07, 6.45) is 2.59. The molecule has 0 radical (unpaired) electrons. The van der Waals surface area contributed by atoms with Gasteiger partial charge in [0.05, 0.1) is 16.8 Å². The minimum Gasteiger partial charge on any atom is -0.323 e. The molecule has 5 heteroatoms. The van der Waals surface area contributed by atoms with Crippen LogP contribution in [-0.4, -0.2) is 5.91 Å². The van der Waals surface area contributed by atoms with Crippen molar-refractivity contribution in [1.29, 1.82) is 5.26 Å². The number of nitrogens with zero attached hydrogens (tertiary/aromatic N) is 1. The quantitative estimate of drug-likeness (QED) is 0.765. The molecular weight excluding hydrogens is 307 g/mol. The first-order valence-electron chi connectivity index (χ1n) is 7.08. The first-order valence-corrected chi connectivity index (χ1v) is 7.84. The number of carbonyl (C=O) groups excluding carboxylic acids is 1. The van der Waals surface area contributed by atoms with E-state index in [0.29, 0.717) is 28.6 Å². The van der Waals surface area contributed by atoms with Crippen molar-refractivity contribution in [1.82, 2.24) is 0 Å². The highest BCUT2D eigenvalue weighted by Crippen LogP contribution is 2.34. The van der Waals surface area contributed by atoms with Crippen LogP contribution in [0.25, 0.3) is 0 Å². The number of aryl methyl sites for hydroxylation is 1. The van der Waals surface area contributed by atoms with Gasteiger partial charge >= 0.3 is 0 Å². The van der Waals surface area contributed by atoms with E-state index in [0.717, 1.165) is 18.4 Å². The Kier molecular flexibility index (Phi) is 6.51. The van der Waals surface area contributed by atoms with Gasteiger partial charge in [0.25, 0.3) is 0 Å². The molecule has 0 fully saturated rings. The Bertz CT molecular complexity index is 558. The van der Waals surface area contributed by atoms with Crippen LogP contribution in [0.5, 0.6) is 0 Å². The van der Waals surface area contributed by atoms with Crippen LogP contribution >= 0.6 is 23.2 Å². The van der Waals surface area contributed by atoms with Crippen molar-refractivity contribution in [2.45, 2.75) is 46.5 Å². The molecule has 1 aromatic carbocycles. The summed E-state index contributed by atoms with van der Waals surface area (Å²) in [5, 5.41) is 13.2. The molecule has 114 valence electrons. The van der Waals surface area contributed by atoms with Gasteiger partial charge in [-0.05, 0) is 37.5 Å². The maximum atomic E-state index is 12.6. The number of amides is 1. The largest absolute Gasteiger partial charge is 0.323 e. The number of hydrogen-bond acceptors (Lipinski definition) is 2. The highest BCUT2D eigenvalue weighted by Gasteiger charge is 2.37. The maximum Gasteiger partial charge on any atom is 0.244 e. The lowest BCUT2D eigenvalue weighted by atomic mass is 9.79. The molecule has 0 aromatic heterocycles. The van der Waals surface area contributed by atoms with E-state index < -0.39 is 5.41 Å². The third-order valence-corrected chi connectivity index (χ3v) is 4.22. The minimum absolute atomic E-state index is 0.310. The molecule has 1 N–H and O–H groups in total. The SMILES string of the molecule is CCCC(C#N)(CCC)C(=O)Nc1cc(Cl)c(C)cc1Cl. The second-order valence-electron chi connectivity index (χ2n) is 5.23. The summed E-state index contributed by atoms with van der Waals surface area (Å²) >= 11 is 12.2. The average molecular weight is 327 g/mol. The van der Waals surface area contributed by atoms with Gasteiger partial charge in [-0.1, -0.05) is 49.9 Å². The van der Waals surface area contributed by atoms with E-state index in [1.165, 1.54) is 0 Å². The Hall–Kier alpha value is -1.24.